The first-order valence-electron chi connectivity index (χ1n) is 9.25. The Labute approximate surface area is 174 Å². The van der Waals surface area contributed by atoms with Crippen molar-refractivity contribution >= 4 is 40.7 Å². The molecule has 2 aromatic carbocycles. The van der Waals surface area contributed by atoms with E-state index in [2.05, 4.69) is 10.2 Å². The summed E-state index contributed by atoms with van der Waals surface area (Å²) in [5, 5.41) is 3.87. The number of hydrogen-bond donors (Lipinski definition) is 2. The lowest BCUT2D eigenvalue weighted by Crippen LogP contribution is -2.38. The lowest BCUT2D eigenvalue weighted by molar-refractivity contribution is -0.123. The number of halogens is 2. The first kappa shape index (κ1) is 20.6. The second-order valence-electron chi connectivity index (χ2n) is 7.08. The molecule has 0 spiro atoms. The monoisotopic (exact) mass is 419 g/mol. The molecule has 0 aromatic heterocycles. The maximum Gasteiger partial charge on any atom is 0.228 e. The lowest BCUT2D eigenvalue weighted by atomic mass is 9.96. The zero-order valence-corrected chi connectivity index (χ0v) is 17.0. The van der Waals surface area contributed by atoms with Gasteiger partial charge in [0.25, 0.3) is 0 Å². The Morgan fingerprint density at radius 3 is 2.36 bits per heavy atom. The van der Waals surface area contributed by atoms with E-state index in [1.807, 2.05) is 24.3 Å². The summed E-state index contributed by atoms with van der Waals surface area (Å²) in [6.45, 7) is 2.45. The van der Waals surface area contributed by atoms with Crippen LogP contribution in [0.2, 0.25) is 10.0 Å². The summed E-state index contributed by atoms with van der Waals surface area (Å²) in [6.07, 6.45) is 1.71. The van der Waals surface area contributed by atoms with Gasteiger partial charge in [0, 0.05) is 28.2 Å². The SMILES string of the molecule is NC(=O)C1CCN(Cc2cccc(NC(=O)Cc3c(Cl)cccc3Cl)c2)CC1. The number of amides is 2. The van der Waals surface area contributed by atoms with Crippen molar-refractivity contribution in [1.29, 1.82) is 0 Å². The lowest BCUT2D eigenvalue weighted by Gasteiger charge is -2.30. The van der Waals surface area contributed by atoms with Crippen LogP contribution in [0.25, 0.3) is 0 Å². The van der Waals surface area contributed by atoms with Crippen molar-refractivity contribution in [3.05, 3.63) is 63.6 Å². The van der Waals surface area contributed by atoms with Gasteiger partial charge < -0.3 is 11.1 Å². The molecular weight excluding hydrogens is 397 g/mol. The zero-order chi connectivity index (χ0) is 20.1. The Morgan fingerprint density at radius 2 is 1.71 bits per heavy atom. The maximum absolute atomic E-state index is 12.4. The highest BCUT2D eigenvalue weighted by Crippen LogP contribution is 2.25. The Hall–Kier alpha value is -2.08. The third kappa shape index (κ3) is 5.47. The molecule has 0 atom stereocenters. The van der Waals surface area contributed by atoms with Crippen LogP contribution >= 0.6 is 23.2 Å². The summed E-state index contributed by atoms with van der Waals surface area (Å²) in [6, 6.07) is 13.0. The van der Waals surface area contributed by atoms with Gasteiger partial charge in [0.2, 0.25) is 11.8 Å². The molecule has 148 valence electrons. The summed E-state index contributed by atoms with van der Waals surface area (Å²) >= 11 is 12.3. The summed E-state index contributed by atoms with van der Waals surface area (Å²) in [4.78, 5) is 26.0. The van der Waals surface area contributed by atoms with E-state index in [0.29, 0.717) is 15.6 Å². The van der Waals surface area contributed by atoms with Crippen LogP contribution in [-0.2, 0) is 22.6 Å². The molecule has 28 heavy (non-hydrogen) atoms. The number of hydrogen-bond acceptors (Lipinski definition) is 3. The van der Waals surface area contributed by atoms with Gasteiger partial charge in [0.1, 0.15) is 0 Å². The fourth-order valence-electron chi connectivity index (χ4n) is 3.45. The van der Waals surface area contributed by atoms with Gasteiger partial charge in [-0.15, -0.1) is 0 Å². The number of nitrogens with two attached hydrogens (primary N) is 1. The summed E-state index contributed by atoms with van der Waals surface area (Å²) in [5.74, 6) is -0.393. The van der Waals surface area contributed by atoms with Gasteiger partial charge in [-0.05, 0) is 61.3 Å². The van der Waals surface area contributed by atoms with Crippen LogP contribution in [0.5, 0.6) is 0 Å². The fourth-order valence-corrected chi connectivity index (χ4v) is 3.98. The zero-order valence-electron chi connectivity index (χ0n) is 15.5. The van der Waals surface area contributed by atoms with Crippen LogP contribution in [0.15, 0.2) is 42.5 Å². The predicted molar refractivity (Wildman–Crippen MR) is 112 cm³/mol. The van der Waals surface area contributed by atoms with Crippen molar-refractivity contribution in [2.45, 2.75) is 25.8 Å². The quantitative estimate of drug-likeness (QED) is 0.745. The van der Waals surface area contributed by atoms with Gasteiger partial charge >= 0.3 is 0 Å². The van der Waals surface area contributed by atoms with E-state index in [4.69, 9.17) is 28.9 Å². The second-order valence-corrected chi connectivity index (χ2v) is 7.89. The van der Waals surface area contributed by atoms with Crippen molar-refractivity contribution < 1.29 is 9.59 Å². The van der Waals surface area contributed by atoms with Crippen LogP contribution in [0, 0.1) is 5.92 Å². The number of piperidine rings is 1. The minimum Gasteiger partial charge on any atom is -0.369 e. The van der Waals surface area contributed by atoms with Crippen LogP contribution < -0.4 is 11.1 Å². The number of anilines is 1. The standard InChI is InChI=1S/C21H23Cl2N3O2/c22-18-5-2-6-19(23)17(18)12-20(27)25-16-4-1-3-14(11-16)13-26-9-7-15(8-10-26)21(24)28/h1-6,11,15H,7-10,12-13H2,(H2,24,28)(H,25,27). The van der Waals surface area contributed by atoms with Gasteiger partial charge in [0.05, 0.1) is 6.42 Å². The highest BCUT2D eigenvalue weighted by molar-refractivity contribution is 6.36. The second kappa shape index (κ2) is 9.41. The van der Waals surface area contributed by atoms with Gasteiger partial charge in [-0.1, -0.05) is 41.4 Å². The first-order chi connectivity index (χ1) is 13.4. The number of primary amides is 1. The number of carbonyl (C=O) groups excluding carboxylic acids is 2. The maximum atomic E-state index is 12.4. The van der Waals surface area contributed by atoms with E-state index in [0.717, 1.165) is 43.7 Å². The molecule has 3 N–H and O–H groups in total. The van der Waals surface area contributed by atoms with Crippen LogP contribution in [0.3, 0.4) is 0 Å². The average Bonchev–Trinajstić information content (AvgIpc) is 2.65. The molecule has 0 aliphatic carbocycles. The van der Waals surface area contributed by atoms with Crippen molar-refractivity contribution in [2.24, 2.45) is 11.7 Å². The van der Waals surface area contributed by atoms with Crippen LogP contribution in [0.4, 0.5) is 5.69 Å². The predicted octanol–water partition coefficient (Wildman–Crippen LogP) is 3.87. The molecule has 0 bridgehead atoms. The molecule has 2 aromatic rings. The number of nitrogens with one attached hydrogen (secondary N) is 1. The fraction of sp³-hybridized carbons (Fsp3) is 0.333. The van der Waals surface area contributed by atoms with Crippen LogP contribution in [0.1, 0.15) is 24.0 Å². The van der Waals surface area contributed by atoms with E-state index in [1.165, 1.54) is 0 Å². The minimum absolute atomic E-state index is 0.0153. The van der Waals surface area contributed by atoms with E-state index in [-0.39, 0.29) is 24.2 Å². The van der Waals surface area contributed by atoms with E-state index in [1.54, 1.807) is 18.2 Å². The summed E-state index contributed by atoms with van der Waals surface area (Å²) in [5.41, 5.74) is 7.85. The van der Waals surface area contributed by atoms with Crippen LogP contribution in [-0.4, -0.2) is 29.8 Å². The molecule has 5 nitrogen and oxygen atoms in total. The number of benzene rings is 2. The largest absolute Gasteiger partial charge is 0.369 e. The molecule has 1 aliphatic heterocycles. The highest BCUT2D eigenvalue weighted by atomic mass is 35.5. The smallest absolute Gasteiger partial charge is 0.228 e. The number of likely N-dealkylation sites (tertiary alicyclic amines) is 1. The van der Waals surface area contributed by atoms with E-state index in [9.17, 15) is 9.59 Å². The van der Waals surface area contributed by atoms with Crippen molar-refractivity contribution in [3.63, 3.8) is 0 Å². The van der Waals surface area contributed by atoms with Gasteiger partial charge in [-0.2, -0.15) is 0 Å². The molecule has 1 aliphatic rings. The van der Waals surface area contributed by atoms with E-state index < -0.39 is 0 Å². The third-order valence-electron chi connectivity index (χ3n) is 5.01. The third-order valence-corrected chi connectivity index (χ3v) is 5.71. The van der Waals surface area contributed by atoms with Crippen molar-refractivity contribution in [3.8, 4) is 0 Å². The average molecular weight is 420 g/mol. The first-order valence-corrected chi connectivity index (χ1v) is 10.0. The molecule has 1 heterocycles. The topological polar surface area (TPSA) is 75.4 Å². The number of rotatable bonds is 6. The molecule has 1 saturated heterocycles. The normalized spacial score (nSPS) is 15.4. The molecule has 0 radical (unpaired) electrons. The molecular formula is C21H23Cl2N3O2. The van der Waals surface area contributed by atoms with Gasteiger partial charge in [0.15, 0.2) is 0 Å². The number of nitrogens with zero attached hydrogens (tertiary/aromatic N) is 1. The molecule has 3 rings (SSSR count). The van der Waals surface area contributed by atoms with E-state index >= 15 is 0 Å². The molecule has 2 amide bonds. The Kier molecular flexibility index (Phi) is 6.94. The minimum atomic E-state index is -0.206. The molecule has 0 saturated carbocycles. The van der Waals surface area contributed by atoms with Gasteiger partial charge in [-0.3, -0.25) is 14.5 Å². The summed E-state index contributed by atoms with van der Waals surface area (Å²) in [7, 11) is 0. The Morgan fingerprint density at radius 1 is 1.07 bits per heavy atom. The van der Waals surface area contributed by atoms with Crippen molar-refractivity contribution in [1.82, 2.24) is 4.90 Å². The highest BCUT2D eigenvalue weighted by Gasteiger charge is 2.23. The van der Waals surface area contributed by atoms with Gasteiger partial charge in [-0.25, -0.2) is 0 Å². The summed E-state index contributed by atoms with van der Waals surface area (Å²) < 4.78 is 0. The number of carbonyl (C=O) groups is 2. The molecule has 7 heteroatoms. The molecule has 0 unspecified atom stereocenters. The molecule has 1 fully saturated rings. The Balaban J connectivity index is 1.57. The van der Waals surface area contributed by atoms with Crippen molar-refractivity contribution in [2.75, 3.05) is 18.4 Å². The Bertz CT molecular complexity index is 844.